The standard InChI is InChI=1S/C13H11F2NO/c1-17-13-3-2-8(6-12(13)16)9-4-10(14)7-11(15)5-9/h2-7H,16H2,1H3. The summed E-state index contributed by atoms with van der Waals surface area (Å²) in [7, 11) is 1.51. The lowest BCUT2D eigenvalue weighted by atomic mass is 10.0. The van der Waals surface area contributed by atoms with Gasteiger partial charge in [0.15, 0.2) is 0 Å². The molecule has 0 saturated carbocycles. The van der Waals surface area contributed by atoms with Crippen LogP contribution in [0.5, 0.6) is 5.75 Å². The fraction of sp³-hybridized carbons (Fsp3) is 0.0769. The molecule has 0 aliphatic heterocycles. The van der Waals surface area contributed by atoms with E-state index in [1.54, 1.807) is 18.2 Å². The van der Waals surface area contributed by atoms with Gasteiger partial charge in [-0.05, 0) is 35.4 Å². The number of hydrogen-bond acceptors (Lipinski definition) is 2. The summed E-state index contributed by atoms with van der Waals surface area (Å²) in [5.41, 5.74) is 7.24. The summed E-state index contributed by atoms with van der Waals surface area (Å²) >= 11 is 0. The van der Waals surface area contributed by atoms with E-state index in [-0.39, 0.29) is 0 Å². The summed E-state index contributed by atoms with van der Waals surface area (Å²) in [4.78, 5) is 0. The third-order valence-corrected chi connectivity index (χ3v) is 2.43. The van der Waals surface area contributed by atoms with Gasteiger partial charge in [0, 0.05) is 6.07 Å². The first-order valence-corrected chi connectivity index (χ1v) is 5.00. The van der Waals surface area contributed by atoms with E-state index in [1.807, 2.05) is 0 Å². The predicted molar refractivity (Wildman–Crippen MR) is 62.8 cm³/mol. The van der Waals surface area contributed by atoms with Gasteiger partial charge in [0.05, 0.1) is 12.8 Å². The number of ether oxygens (including phenoxy) is 1. The monoisotopic (exact) mass is 235 g/mol. The van der Waals surface area contributed by atoms with Gasteiger partial charge in [0.25, 0.3) is 0 Å². The van der Waals surface area contributed by atoms with Gasteiger partial charge in [0.2, 0.25) is 0 Å². The molecule has 2 rings (SSSR count). The molecule has 0 aliphatic carbocycles. The average molecular weight is 235 g/mol. The van der Waals surface area contributed by atoms with Gasteiger partial charge in [-0.25, -0.2) is 8.78 Å². The van der Waals surface area contributed by atoms with Gasteiger partial charge in [-0.2, -0.15) is 0 Å². The van der Waals surface area contributed by atoms with Crippen molar-refractivity contribution < 1.29 is 13.5 Å². The third kappa shape index (κ3) is 2.36. The largest absolute Gasteiger partial charge is 0.495 e. The van der Waals surface area contributed by atoms with Crippen LogP contribution in [0.1, 0.15) is 0 Å². The second kappa shape index (κ2) is 4.41. The van der Waals surface area contributed by atoms with Gasteiger partial charge in [0.1, 0.15) is 17.4 Å². The smallest absolute Gasteiger partial charge is 0.141 e. The first-order chi connectivity index (χ1) is 8.10. The zero-order valence-corrected chi connectivity index (χ0v) is 9.21. The van der Waals surface area contributed by atoms with Crippen molar-refractivity contribution in [2.24, 2.45) is 0 Å². The number of nitrogen functional groups attached to an aromatic ring is 1. The molecule has 0 radical (unpaired) electrons. The summed E-state index contributed by atoms with van der Waals surface area (Å²) in [6.07, 6.45) is 0. The summed E-state index contributed by atoms with van der Waals surface area (Å²) in [5.74, 6) is -0.700. The van der Waals surface area contributed by atoms with Crippen LogP contribution < -0.4 is 10.5 Å². The molecule has 2 nitrogen and oxygen atoms in total. The Balaban J connectivity index is 2.49. The maximum Gasteiger partial charge on any atom is 0.141 e. The Labute approximate surface area is 97.6 Å². The van der Waals surface area contributed by atoms with Gasteiger partial charge >= 0.3 is 0 Å². The quantitative estimate of drug-likeness (QED) is 0.811. The van der Waals surface area contributed by atoms with E-state index in [1.165, 1.54) is 19.2 Å². The molecule has 0 saturated heterocycles. The number of rotatable bonds is 2. The summed E-state index contributed by atoms with van der Waals surface area (Å²) in [6.45, 7) is 0. The molecule has 2 aromatic carbocycles. The number of benzene rings is 2. The summed E-state index contributed by atoms with van der Waals surface area (Å²) in [6, 6.07) is 8.31. The number of methoxy groups -OCH3 is 1. The fourth-order valence-corrected chi connectivity index (χ4v) is 1.63. The molecule has 0 unspecified atom stereocenters. The maximum atomic E-state index is 13.1. The van der Waals surface area contributed by atoms with Crippen molar-refractivity contribution in [3.63, 3.8) is 0 Å². The molecule has 88 valence electrons. The molecule has 0 fully saturated rings. The lowest BCUT2D eigenvalue weighted by Gasteiger charge is -2.07. The van der Waals surface area contributed by atoms with Crippen LogP contribution in [0, 0.1) is 11.6 Å². The van der Waals surface area contributed by atoms with Crippen molar-refractivity contribution in [3.8, 4) is 16.9 Å². The van der Waals surface area contributed by atoms with E-state index in [2.05, 4.69) is 0 Å². The van der Waals surface area contributed by atoms with Crippen LogP contribution in [0.3, 0.4) is 0 Å². The molecule has 0 bridgehead atoms. The molecular formula is C13H11F2NO. The highest BCUT2D eigenvalue weighted by molar-refractivity contribution is 5.70. The van der Waals surface area contributed by atoms with Crippen LogP contribution >= 0.6 is 0 Å². The molecule has 2 N–H and O–H groups in total. The van der Waals surface area contributed by atoms with Crippen molar-refractivity contribution in [1.82, 2.24) is 0 Å². The van der Waals surface area contributed by atoms with Crippen molar-refractivity contribution in [3.05, 3.63) is 48.0 Å². The van der Waals surface area contributed by atoms with Crippen molar-refractivity contribution in [1.29, 1.82) is 0 Å². The molecular weight excluding hydrogens is 224 g/mol. The lowest BCUT2D eigenvalue weighted by molar-refractivity contribution is 0.417. The molecule has 17 heavy (non-hydrogen) atoms. The van der Waals surface area contributed by atoms with E-state index < -0.39 is 11.6 Å². The van der Waals surface area contributed by atoms with Gasteiger partial charge < -0.3 is 10.5 Å². The molecule has 2 aromatic rings. The SMILES string of the molecule is COc1ccc(-c2cc(F)cc(F)c2)cc1N. The highest BCUT2D eigenvalue weighted by Gasteiger charge is 2.06. The normalized spacial score (nSPS) is 10.3. The minimum absolute atomic E-state index is 0.426. The van der Waals surface area contributed by atoms with Crippen LogP contribution in [-0.2, 0) is 0 Å². The third-order valence-electron chi connectivity index (χ3n) is 2.43. The lowest BCUT2D eigenvalue weighted by Crippen LogP contribution is -1.93. The van der Waals surface area contributed by atoms with Gasteiger partial charge in [-0.15, -0.1) is 0 Å². The Morgan fingerprint density at radius 2 is 1.59 bits per heavy atom. The molecule has 0 aromatic heterocycles. The van der Waals surface area contributed by atoms with Crippen LogP contribution in [0.25, 0.3) is 11.1 Å². The van der Waals surface area contributed by atoms with E-state index in [0.29, 0.717) is 22.6 Å². The molecule has 0 aliphatic rings. The second-order valence-electron chi connectivity index (χ2n) is 3.61. The molecule has 0 atom stereocenters. The Bertz CT molecular complexity index is 535. The molecule has 0 amide bonds. The minimum atomic E-state index is -0.616. The highest BCUT2D eigenvalue weighted by atomic mass is 19.1. The Morgan fingerprint density at radius 3 is 2.12 bits per heavy atom. The highest BCUT2D eigenvalue weighted by Crippen LogP contribution is 2.29. The van der Waals surface area contributed by atoms with E-state index in [9.17, 15) is 8.78 Å². The molecule has 0 heterocycles. The van der Waals surface area contributed by atoms with E-state index in [0.717, 1.165) is 6.07 Å². The predicted octanol–water partition coefficient (Wildman–Crippen LogP) is 3.22. The Morgan fingerprint density at radius 1 is 0.941 bits per heavy atom. The number of nitrogens with two attached hydrogens (primary N) is 1. The number of halogens is 2. The first kappa shape index (κ1) is 11.4. The van der Waals surface area contributed by atoms with Gasteiger partial charge in [-0.1, -0.05) is 6.07 Å². The molecule has 0 spiro atoms. The zero-order chi connectivity index (χ0) is 12.4. The van der Waals surface area contributed by atoms with Crippen LogP contribution in [0.2, 0.25) is 0 Å². The maximum absolute atomic E-state index is 13.1. The summed E-state index contributed by atoms with van der Waals surface area (Å²) in [5, 5.41) is 0. The van der Waals surface area contributed by atoms with Crippen LogP contribution in [0.4, 0.5) is 14.5 Å². The second-order valence-corrected chi connectivity index (χ2v) is 3.61. The number of hydrogen-bond donors (Lipinski definition) is 1. The Kier molecular flexibility index (Phi) is 2.95. The van der Waals surface area contributed by atoms with Crippen molar-refractivity contribution in [2.45, 2.75) is 0 Å². The van der Waals surface area contributed by atoms with Crippen LogP contribution in [-0.4, -0.2) is 7.11 Å². The topological polar surface area (TPSA) is 35.2 Å². The minimum Gasteiger partial charge on any atom is -0.495 e. The average Bonchev–Trinajstić information content (AvgIpc) is 2.27. The number of anilines is 1. The fourth-order valence-electron chi connectivity index (χ4n) is 1.63. The van der Waals surface area contributed by atoms with Crippen molar-refractivity contribution in [2.75, 3.05) is 12.8 Å². The zero-order valence-electron chi connectivity index (χ0n) is 9.21. The van der Waals surface area contributed by atoms with E-state index >= 15 is 0 Å². The van der Waals surface area contributed by atoms with Crippen LogP contribution in [0.15, 0.2) is 36.4 Å². The summed E-state index contributed by atoms with van der Waals surface area (Å²) < 4.78 is 31.1. The van der Waals surface area contributed by atoms with Gasteiger partial charge in [-0.3, -0.25) is 0 Å². The van der Waals surface area contributed by atoms with E-state index in [4.69, 9.17) is 10.5 Å². The Hall–Kier alpha value is -2.10. The van der Waals surface area contributed by atoms with Crippen molar-refractivity contribution >= 4 is 5.69 Å². The first-order valence-electron chi connectivity index (χ1n) is 5.00. The molecule has 4 heteroatoms.